The van der Waals surface area contributed by atoms with Crippen LogP contribution in [0.3, 0.4) is 0 Å². The number of amidine groups is 1. The van der Waals surface area contributed by atoms with Gasteiger partial charge in [0, 0.05) is 43.1 Å². The lowest BCUT2D eigenvalue weighted by Crippen LogP contribution is -2.34. The van der Waals surface area contributed by atoms with Crippen molar-refractivity contribution in [2.45, 2.75) is 33.1 Å². The number of allylic oxidation sites excluding steroid dienone is 2. The molecule has 2 heterocycles. The van der Waals surface area contributed by atoms with Crippen molar-refractivity contribution in [1.29, 1.82) is 0 Å². The van der Waals surface area contributed by atoms with Crippen molar-refractivity contribution in [2.75, 3.05) is 29.9 Å². The Hall–Kier alpha value is -3.25. The summed E-state index contributed by atoms with van der Waals surface area (Å²) >= 11 is 6.70. The molecule has 2 aromatic carbocycles. The molecule has 0 N–H and O–H groups in total. The average molecular weight is 493 g/mol. The third kappa shape index (κ3) is 5.88. The van der Waals surface area contributed by atoms with Crippen LogP contribution in [0, 0.1) is 11.7 Å². The van der Waals surface area contributed by atoms with Crippen molar-refractivity contribution >= 4 is 46.0 Å². The Morgan fingerprint density at radius 2 is 2.00 bits per heavy atom. The maximum atomic E-state index is 14.1. The maximum absolute atomic E-state index is 14.1. The zero-order valence-corrected chi connectivity index (χ0v) is 21.1. The number of hydrogen-bond acceptors (Lipinski definition) is 4. The molecule has 1 aliphatic rings. The third-order valence-corrected chi connectivity index (χ3v) is 6.97. The van der Waals surface area contributed by atoms with Crippen LogP contribution in [0.25, 0.3) is 10.9 Å². The lowest BCUT2D eigenvalue weighted by molar-refractivity contribution is -0.104. The molecule has 1 aliphatic heterocycles. The van der Waals surface area contributed by atoms with E-state index >= 15 is 0 Å². The second-order valence-corrected chi connectivity index (χ2v) is 9.48. The van der Waals surface area contributed by atoms with Gasteiger partial charge in [0.15, 0.2) is 0 Å². The number of hydrogen-bond donors (Lipinski definition) is 0. The molecule has 0 atom stereocenters. The number of piperidine rings is 1. The van der Waals surface area contributed by atoms with E-state index in [1.54, 1.807) is 25.3 Å². The number of rotatable bonds is 6. The Morgan fingerprint density at radius 3 is 2.71 bits per heavy atom. The van der Waals surface area contributed by atoms with Crippen LogP contribution < -0.4 is 9.80 Å². The summed E-state index contributed by atoms with van der Waals surface area (Å²) in [5.74, 6) is 1.04. The van der Waals surface area contributed by atoms with Crippen molar-refractivity contribution in [3.05, 3.63) is 76.8 Å². The second-order valence-electron chi connectivity index (χ2n) is 9.07. The zero-order chi connectivity index (χ0) is 24.9. The van der Waals surface area contributed by atoms with E-state index in [1.807, 2.05) is 43.1 Å². The van der Waals surface area contributed by atoms with E-state index in [-0.39, 0.29) is 5.82 Å². The fraction of sp³-hybridized carbons (Fsp3) is 0.321. The van der Waals surface area contributed by atoms with E-state index in [2.05, 4.69) is 20.9 Å². The van der Waals surface area contributed by atoms with Crippen molar-refractivity contribution < 1.29 is 9.18 Å². The number of benzene rings is 2. The number of aldehydes is 1. The summed E-state index contributed by atoms with van der Waals surface area (Å²) in [5, 5.41) is 1.55. The molecule has 0 spiro atoms. The smallest absolute Gasteiger partial charge is 0.144 e. The summed E-state index contributed by atoms with van der Waals surface area (Å²) in [7, 11) is 1.93. The molecule has 7 heteroatoms. The Bertz CT molecular complexity index is 1280. The van der Waals surface area contributed by atoms with E-state index in [0.717, 1.165) is 72.3 Å². The number of halogens is 2. The number of nitrogens with zero attached hydrogens (tertiary/aromatic N) is 4. The molecular formula is C28H30ClFN4O. The van der Waals surface area contributed by atoms with Gasteiger partial charge in [-0.15, -0.1) is 0 Å². The van der Waals surface area contributed by atoms with Gasteiger partial charge in [-0.3, -0.25) is 9.78 Å². The van der Waals surface area contributed by atoms with Crippen LogP contribution in [-0.2, 0) is 11.2 Å². The van der Waals surface area contributed by atoms with Gasteiger partial charge in [-0.05, 0) is 87.1 Å². The standard InChI is InChI=1S/C28H30ClFN4O/c1-19(10-14-35)32-20(2)33(3)25-6-7-27(26(29)18-25)34-12-8-21(9-13-34)15-23-17-24(30)16-22-5-4-11-31-28(22)23/h4-7,10-11,14,16-18,21H,8-9,12-13,15H2,1-3H3/b19-10-,32-20-. The minimum Gasteiger partial charge on any atom is -0.370 e. The number of aliphatic imine (C=N–C) groups is 1. The SMILES string of the molecule is CC(=C/C=O)/N=C(/C)N(C)c1ccc(N2CCC(Cc3cc(F)cc4cccnc34)CC2)c(Cl)c1. The molecule has 0 saturated carbocycles. The van der Waals surface area contributed by atoms with Gasteiger partial charge < -0.3 is 9.80 Å². The average Bonchev–Trinajstić information content (AvgIpc) is 2.84. The van der Waals surface area contributed by atoms with Crippen LogP contribution in [0.5, 0.6) is 0 Å². The highest BCUT2D eigenvalue weighted by molar-refractivity contribution is 6.33. The predicted octanol–water partition coefficient (Wildman–Crippen LogP) is 6.44. The molecule has 0 aliphatic carbocycles. The van der Waals surface area contributed by atoms with Crippen molar-refractivity contribution in [3.63, 3.8) is 0 Å². The number of anilines is 2. The van der Waals surface area contributed by atoms with Gasteiger partial charge in [-0.1, -0.05) is 17.7 Å². The molecule has 1 fully saturated rings. The van der Waals surface area contributed by atoms with Crippen molar-refractivity contribution in [3.8, 4) is 0 Å². The quantitative estimate of drug-likeness (QED) is 0.172. The molecular weight excluding hydrogens is 463 g/mol. The van der Waals surface area contributed by atoms with Gasteiger partial charge in [0.05, 0.1) is 16.2 Å². The van der Waals surface area contributed by atoms with Crippen LogP contribution in [0.4, 0.5) is 15.8 Å². The highest BCUT2D eigenvalue weighted by Gasteiger charge is 2.22. The van der Waals surface area contributed by atoms with Crippen molar-refractivity contribution in [1.82, 2.24) is 4.98 Å². The van der Waals surface area contributed by atoms with Gasteiger partial charge in [-0.2, -0.15) is 0 Å². The van der Waals surface area contributed by atoms with Gasteiger partial charge >= 0.3 is 0 Å². The van der Waals surface area contributed by atoms with Gasteiger partial charge in [0.2, 0.25) is 0 Å². The normalized spacial score (nSPS) is 15.5. The first-order valence-corrected chi connectivity index (χ1v) is 12.2. The lowest BCUT2D eigenvalue weighted by Gasteiger charge is -2.34. The van der Waals surface area contributed by atoms with Crippen LogP contribution >= 0.6 is 11.6 Å². The monoisotopic (exact) mass is 492 g/mol. The largest absolute Gasteiger partial charge is 0.370 e. The van der Waals surface area contributed by atoms with Gasteiger partial charge in [0.25, 0.3) is 0 Å². The number of fused-ring (bicyclic) bond motifs is 1. The highest BCUT2D eigenvalue weighted by Crippen LogP contribution is 2.34. The molecule has 0 radical (unpaired) electrons. The minimum atomic E-state index is -0.204. The summed E-state index contributed by atoms with van der Waals surface area (Å²) in [6.45, 7) is 5.48. The van der Waals surface area contributed by atoms with E-state index in [1.165, 1.54) is 6.08 Å². The predicted molar refractivity (Wildman–Crippen MR) is 143 cm³/mol. The first-order valence-electron chi connectivity index (χ1n) is 11.8. The van der Waals surface area contributed by atoms with Crippen LogP contribution in [0.2, 0.25) is 5.02 Å². The van der Waals surface area contributed by atoms with E-state index in [4.69, 9.17) is 11.6 Å². The Morgan fingerprint density at radius 1 is 1.23 bits per heavy atom. The summed E-state index contributed by atoms with van der Waals surface area (Å²) < 4.78 is 14.1. The summed E-state index contributed by atoms with van der Waals surface area (Å²) in [6, 6.07) is 13.0. The first kappa shape index (κ1) is 24.9. The third-order valence-electron chi connectivity index (χ3n) is 6.66. The molecule has 5 nitrogen and oxygen atoms in total. The minimum absolute atomic E-state index is 0.204. The van der Waals surface area contributed by atoms with Gasteiger partial charge in [-0.25, -0.2) is 9.38 Å². The summed E-state index contributed by atoms with van der Waals surface area (Å²) in [4.78, 5) is 23.9. The lowest BCUT2D eigenvalue weighted by atomic mass is 9.89. The van der Waals surface area contributed by atoms with Crippen LogP contribution in [0.15, 0.2) is 65.4 Å². The van der Waals surface area contributed by atoms with Crippen LogP contribution in [-0.4, -0.2) is 37.2 Å². The Labute approximate surface area is 210 Å². The molecule has 182 valence electrons. The first-order chi connectivity index (χ1) is 16.9. The molecule has 4 rings (SSSR count). The Kier molecular flexibility index (Phi) is 7.81. The number of aromatic nitrogens is 1. The molecule has 0 unspecified atom stereocenters. The van der Waals surface area contributed by atoms with E-state index < -0.39 is 0 Å². The van der Waals surface area contributed by atoms with E-state index in [0.29, 0.717) is 16.6 Å². The maximum Gasteiger partial charge on any atom is 0.144 e. The topological polar surface area (TPSA) is 48.8 Å². The fourth-order valence-corrected chi connectivity index (χ4v) is 4.98. The van der Waals surface area contributed by atoms with E-state index in [9.17, 15) is 9.18 Å². The molecule has 0 amide bonds. The second kappa shape index (κ2) is 11.0. The molecule has 1 saturated heterocycles. The number of carbonyl (C=O) groups is 1. The van der Waals surface area contributed by atoms with Gasteiger partial charge in [0.1, 0.15) is 17.9 Å². The molecule has 1 aromatic heterocycles. The fourth-order valence-electron chi connectivity index (χ4n) is 4.69. The molecule has 0 bridgehead atoms. The van der Waals surface area contributed by atoms with Crippen molar-refractivity contribution in [2.24, 2.45) is 10.9 Å². The summed E-state index contributed by atoms with van der Waals surface area (Å²) in [5.41, 5.74) is 4.48. The molecule has 3 aromatic rings. The molecule has 35 heavy (non-hydrogen) atoms. The summed E-state index contributed by atoms with van der Waals surface area (Å²) in [6.07, 6.45) is 6.79. The van der Waals surface area contributed by atoms with Crippen LogP contribution in [0.1, 0.15) is 32.3 Å². The highest BCUT2D eigenvalue weighted by atomic mass is 35.5. The number of carbonyl (C=O) groups excluding carboxylic acids is 1. The zero-order valence-electron chi connectivity index (χ0n) is 20.3. The Balaban J connectivity index is 1.42. The number of pyridine rings is 1.